The molecule has 0 N–H and O–H groups in total. The highest BCUT2D eigenvalue weighted by molar-refractivity contribution is 6.19. The van der Waals surface area contributed by atoms with Gasteiger partial charge in [-0.05, 0) is 60.0 Å². The summed E-state index contributed by atoms with van der Waals surface area (Å²) in [4.78, 5) is 15.9. The Bertz CT molecular complexity index is 3090. The first kappa shape index (κ1) is 28.1. The maximum absolute atomic E-state index is 6.51. The number of hydrogen-bond acceptors (Lipinski definition) is 6. The monoisotopic (exact) mass is 657 g/mol. The fourth-order valence-electron chi connectivity index (χ4n) is 7.76. The van der Waals surface area contributed by atoms with E-state index in [1.807, 2.05) is 72.8 Å². The number of para-hydroxylation sites is 4. The summed E-state index contributed by atoms with van der Waals surface area (Å²) in [6, 6.07) is 41.1. The minimum absolute atomic E-state index is 0.0182. The minimum atomic E-state index is -0.0182. The van der Waals surface area contributed by atoms with Crippen LogP contribution in [0.1, 0.15) is 18.2 Å². The van der Waals surface area contributed by atoms with Gasteiger partial charge in [-0.15, -0.1) is 0 Å². The Morgan fingerprint density at radius 2 is 1.08 bits per heavy atom. The largest absolute Gasteiger partial charge is 0.456 e. The Morgan fingerprint density at radius 3 is 1.86 bits per heavy atom. The standard InChI is InChI=1S/C45H27N3O3/c1-2-12-26(13-3-1)43-46-44(33-19-10-18-30-27-14-4-7-20-34(27)51-42(30)33)48-45(47-43)41-29(24-25-38-40(41)32-16-6-9-22-36(32)50-38)28-17-11-23-37-39(28)31-15-5-8-21-35(31)49-37/h1-12,14-26H,13H2. The van der Waals surface area contributed by atoms with E-state index >= 15 is 0 Å². The van der Waals surface area contributed by atoms with Crippen LogP contribution in [0, 0.1) is 0 Å². The lowest BCUT2D eigenvalue weighted by Crippen LogP contribution is -2.08. The molecule has 51 heavy (non-hydrogen) atoms. The summed E-state index contributed by atoms with van der Waals surface area (Å²) in [6.07, 6.45) is 9.25. The van der Waals surface area contributed by atoms with E-state index in [1.54, 1.807) is 0 Å². The maximum atomic E-state index is 6.51. The molecule has 0 fully saturated rings. The van der Waals surface area contributed by atoms with Crippen LogP contribution in [0.15, 0.2) is 159 Å². The molecule has 6 heteroatoms. The quantitative estimate of drug-likeness (QED) is 0.187. The Morgan fingerprint density at radius 1 is 0.451 bits per heavy atom. The number of rotatable bonds is 4. The van der Waals surface area contributed by atoms with E-state index in [0.29, 0.717) is 17.5 Å². The first-order valence-electron chi connectivity index (χ1n) is 17.1. The molecule has 0 saturated carbocycles. The second kappa shape index (κ2) is 10.9. The van der Waals surface area contributed by atoms with E-state index in [9.17, 15) is 0 Å². The van der Waals surface area contributed by atoms with Crippen molar-refractivity contribution in [3.63, 3.8) is 0 Å². The van der Waals surface area contributed by atoms with Crippen molar-refractivity contribution in [2.24, 2.45) is 0 Å². The highest BCUT2D eigenvalue weighted by Crippen LogP contribution is 2.46. The first-order valence-corrected chi connectivity index (χ1v) is 17.1. The number of benzene rings is 6. The molecule has 11 rings (SSSR count). The van der Waals surface area contributed by atoms with Crippen LogP contribution < -0.4 is 0 Å². The highest BCUT2D eigenvalue weighted by atomic mass is 16.3. The van der Waals surface area contributed by atoms with Gasteiger partial charge < -0.3 is 13.3 Å². The van der Waals surface area contributed by atoms with E-state index in [4.69, 9.17) is 28.2 Å². The molecule has 6 nitrogen and oxygen atoms in total. The number of hydrogen-bond donors (Lipinski definition) is 0. The minimum Gasteiger partial charge on any atom is -0.456 e. The Kier molecular flexibility index (Phi) is 5.98. The van der Waals surface area contributed by atoms with Gasteiger partial charge in [-0.3, -0.25) is 0 Å². The Hall–Kier alpha value is -6.79. The van der Waals surface area contributed by atoms with Crippen molar-refractivity contribution in [2.45, 2.75) is 12.3 Å². The fourth-order valence-corrected chi connectivity index (χ4v) is 7.76. The van der Waals surface area contributed by atoms with E-state index in [0.717, 1.165) is 94.5 Å². The third kappa shape index (κ3) is 4.26. The highest BCUT2D eigenvalue weighted by Gasteiger charge is 2.26. The van der Waals surface area contributed by atoms with Crippen molar-refractivity contribution in [3.05, 3.63) is 151 Å². The second-order valence-electron chi connectivity index (χ2n) is 13.0. The zero-order chi connectivity index (χ0) is 33.5. The predicted octanol–water partition coefficient (Wildman–Crippen LogP) is 12.2. The summed E-state index contributed by atoms with van der Waals surface area (Å²) < 4.78 is 19.3. The van der Waals surface area contributed by atoms with Gasteiger partial charge in [0.25, 0.3) is 0 Å². The van der Waals surface area contributed by atoms with Crippen LogP contribution >= 0.6 is 0 Å². The number of furan rings is 3. The van der Waals surface area contributed by atoms with Gasteiger partial charge in [0.15, 0.2) is 11.6 Å². The van der Waals surface area contributed by atoms with Gasteiger partial charge in [0.2, 0.25) is 0 Å². The Labute approximate surface area is 291 Å². The lowest BCUT2D eigenvalue weighted by Gasteiger charge is -2.17. The molecule has 0 spiro atoms. The van der Waals surface area contributed by atoms with Gasteiger partial charge in [-0.25, -0.2) is 15.0 Å². The molecule has 0 radical (unpaired) electrons. The second-order valence-corrected chi connectivity index (χ2v) is 13.0. The maximum Gasteiger partial charge on any atom is 0.167 e. The first-order chi connectivity index (χ1) is 25.3. The summed E-state index contributed by atoms with van der Waals surface area (Å²) in [5, 5.41) is 6.13. The van der Waals surface area contributed by atoms with Crippen molar-refractivity contribution in [3.8, 4) is 33.9 Å². The lowest BCUT2D eigenvalue weighted by atomic mass is 9.91. The molecule has 1 aliphatic rings. The van der Waals surface area contributed by atoms with Crippen LogP contribution in [0.3, 0.4) is 0 Å². The molecular formula is C45H27N3O3. The van der Waals surface area contributed by atoms with Crippen molar-refractivity contribution in [1.82, 2.24) is 15.0 Å². The zero-order valence-electron chi connectivity index (χ0n) is 27.2. The average molecular weight is 658 g/mol. The number of nitrogens with zero attached hydrogens (tertiary/aromatic N) is 3. The summed E-state index contributed by atoms with van der Waals surface area (Å²) >= 11 is 0. The van der Waals surface area contributed by atoms with Crippen molar-refractivity contribution in [2.75, 3.05) is 0 Å². The number of aromatic nitrogens is 3. The van der Waals surface area contributed by atoms with Gasteiger partial charge in [0.1, 0.15) is 39.3 Å². The molecule has 0 amide bonds. The van der Waals surface area contributed by atoms with Crippen molar-refractivity contribution >= 4 is 65.8 Å². The smallest absolute Gasteiger partial charge is 0.167 e. The Balaban J connectivity index is 1.26. The van der Waals surface area contributed by atoms with Crippen LogP contribution in [0.5, 0.6) is 0 Å². The SMILES string of the molecule is C1=CCC(c2nc(-c3cccc4c3oc3ccccc34)nc(-c3c(-c4cccc5oc6ccccc6c45)ccc4oc5ccccc5c34)n2)C=C1. The summed E-state index contributed by atoms with van der Waals surface area (Å²) in [5.74, 6) is 1.81. The third-order valence-electron chi connectivity index (χ3n) is 10.1. The summed E-state index contributed by atoms with van der Waals surface area (Å²) in [7, 11) is 0. The molecule has 6 aromatic carbocycles. The predicted molar refractivity (Wildman–Crippen MR) is 204 cm³/mol. The van der Waals surface area contributed by atoms with Crippen molar-refractivity contribution in [1.29, 1.82) is 0 Å². The van der Waals surface area contributed by atoms with E-state index in [1.165, 1.54) is 0 Å². The van der Waals surface area contributed by atoms with Gasteiger partial charge in [-0.1, -0.05) is 103 Å². The molecule has 240 valence electrons. The van der Waals surface area contributed by atoms with Gasteiger partial charge in [0, 0.05) is 43.8 Å². The van der Waals surface area contributed by atoms with Gasteiger partial charge >= 0.3 is 0 Å². The normalized spacial score (nSPS) is 14.6. The van der Waals surface area contributed by atoms with Crippen LogP contribution in [0.25, 0.3) is 99.7 Å². The molecule has 1 aliphatic carbocycles. The summed E-state index contributed by atoms with van der Waals surface area (Å²) in [5.41, 5.74) is 8.53. The van der Waals surface area contributed by atoms with E-state index < -0.39 is 0 Å². The van der Waals surface area contributed by atoms with Crippen LogP contribution in [0.4, 0.5) is 0 Å². The molecule has 1 atom stereocenters. The third-order valence-corrected chi connectivity index (χ3v) is 10.1. The molecule has 0 bridgehead atoms. The van der Waals surface area contributed by atoms with Gasteiger partial charge in [0.05, 0.1) is 5.56 Å². The number of allylic oxidation sites excluding steroid dienone is 4. The fraction of sp³-hybridized carbons (Fsp3) is 0.0444. The molecular weight excluding hydrogens is 631 g/mol. The van der Waals surface area contributed by atoms with E-state index in [-0.39, 0.29) is 5.92 Å². The average Bonchev–Trinajstić information content (AvgIpc) is 3.89. The van der Waals surface area contributed by atoms with Crippen LogP contribution in [0.2, 0.25) is 0 Å². The van der Waals surface area contributed by atoms with Crippen molar-refractivity contribution < 1.29 is 13.3 Å². The van der Waals surface area contributed by atoms with E-state index in [2.05, 4.69) is 72.8 Å². The molecule has 10 aromatic rings. The molecule has 0 saturated heterocycles. The molecule has 4 aromatic heterocycles. The topological polar surface area (TPSA) is 78.1 Å². The van der Waals surface area contributed by atoms with Gasteiger partial charge in [-0.2, -0.15) is 0 Å². The lowest BCUT2D eigenvalue weighted by molar-refractivity contribution is 0.668. The van der Waals surface area contributed by atoms with Crippen LogP contribution in [-0.4, -0.2) is 15.0 Å². The summed E-state index contributed by atoms with van der Waals surface area (Å²) in [6.45, 7) is 0. The van der Waals surface area contributed by atoms with Crippen LogP contribution in [-0.2, 0) is 0 Å². The number of fused-ring (bicyclic) bond motifs is 9. The molecule has 4 heterocycles. The molecule has 0 aliphatic heterocycles. The zero-order valence-corrected chi connectivity index (χ0v) is 27.2. The molecule has 1 unspecified atom stereocenters.